The minimum Gasteiger partial charge on any atom is -0.357 e. The van der Waals surface area contributed by atoms with E-state index in [0.717, 1.165) is 12.1 Å². The second-order valence-electron chi connectivity index (χ2n) is 5.54. The van der Waals surface area contributed by atoms with Gasteiger partial charge >= 0.3 is 6.18 Å². The first kappa shape index (κ1) is 20.2. The number of benzene rings is 1. The molecule has 1 heterocycles. The van der Waals surface area contributed by atoms with Crippen LogP contribution in [-0.2, 0) is 17.5 Å². The summed E-state index contributed by atoms with van der Waals surface area (Å²) in [7, 11) is 0. The molecule has 27 heavy (non-hydrogen) atoms. The number of guanidine groups is 1. The van der Waals surface area contributed by atoms with Gasteiger partial charge in [-0.3, -0.25) is 9.78 Å². The summed E-state index contributed by atoms with van der Waals surface area (Å²) < 4.78 is 38.3. The van der Waals surface area contributed by atoms with Crippen LogP contribution in [0.3, 0.4) is 0 Å². The lowest BCUT2D eigenvalue weighted by Gasteiger charge is -2.12. The minimum absolute atomic E-state index is 0.0451. The third-order valence-electron chi connectivity index (χ3n) is 3.38. The fourth-order valence-electron chi connectivity index (χ4n) is 2.16. The zero-order chi connectivity index (χ0) is 19.7. The molecule has 0 radical (unpaired) electrons. The molecule has 9 heteroatoms. The molecule has 0 bridgehead atoms. The fraction of sp³-hybridized carbons (Fsp3) is 0.278. The largest absolute Gasteiger partial charge is 0.416 e. The Morgan fingerprint density at radius 3 is 2.67 bits per heavy atom. The van der Waals surface area contributed by atoms with Crippen LogP contribution in [0.15, 0.2) is 53.8 Å². The number of nitrogens with zero attached hydrogens (tertiary/aromatic N) is 2. The van der Waals surface area contributed by atoms with Gasteiger partial charge in [-0.1, -0.05) is 12.1 Å². The van der Waals surface area contributed by atoms with Gasteiger partial charge < -0.3 is 16.0 Å². The minimum atomic E-state index is -4.40. The Bertz CT molecular complexity index is 778. The number of carbonyl (C=O) groups is 1. The Hall–Kier alpha value is -3.10. The van der Waals surface area contributed by atoms with E-state index in [4.69, 9.17) is 0 Å². The molecule has 3 N–H and O–H groups in total. The monoisotopic (exact) mass is 379 g/mol. The number of hydrogen-bond acceptors (Lipinski definition) is 3. The highest BCUT2D eigenvalue weighted by Crippen LogP contribution is 2.29. The number of nitrogens with one attached hydrogen (secondary N) is 3. The van der Waals surface area contributed by atoms with Crippen molar-refractivity contribution >= 4 is 17.6 Å². The maximum absolute atomic E-state index is 12.8. The summed E-state index contributed by atoms with van der Waals surface area (Å²) in [5, 5.41) is 8.45. The van der Waals surface area contributed by atoms with E-state index in [0.29, 0.717) is 23.8 Å². The van der Waals surface area contributed by atoms with E-state index < -0.39 is 11.7 Å². The quantitative estimate of drug-likeness (QED) is 0.533. The summed E-state index contributed by atoms with van der Waals surface area (Å²) in [6.07, 6.45) is -1.28. The van der Waals surface area contributed by atoms with Gasteiger partial charge in [0.1, 0.15) is 0 Å². The molecule has 0 saturated heterocycles. The molecule has 1 aromatic carbocycles. The number of amides is 1. The third-order valence-corrected chi connectivity index (χ3v) is 3.38. The van der Waals surface area contributed by atoms with E-state index >= 15 is 0 Å². The molecule has 2 aromatic rings. The second kappa shape index (κ2) is 9.56. The average Bonchev–Trinajstić information content (AvgIpc) is 2.64. The van der Waals surface area contributed by atoms with Crippen molar-refractivity contribution in [3.8, 4) is 0 Å². The lowest BCUT2D eigenvalue weighted by molar-refractivity contribution is -0.137. The van der Waals surface area contributed by atoms with E-state index in [1.165, 1.54) is 12.3 Å². The summed E-state index contributed by atoms with van der Waals surface area (Å²) in [6.45, 7) is 2.38. The van der Waals surface area contributed by atoms with Gasteiger partial charge in [0.05, 0.1) is 30.5 Å². The molecule has 0 spiro atoms. The van der Waals surface area contributed by atoms with Crippen LogP contribution in [-0.4, -0.2) is 29.9 Å². The normalized spacial score (nSPS) is 11.8. The van der Waals surface area contributed by atoms with E-state index in [1.54, 1.807) is 24.4 Å². The van der Waals surface area contributed by atoms with Crippen molar-refractivity contribution in [2.45, 2.75) is 19.6 Å². The standard InChI is InChI=1S/C18H20F3N5O/c1-2-23-17(25-12-16(27)26-15-7-4-8-22-11-15)24-10-13-5-3-6-14(9-13)18(19,20)21/h3-9,11H,2,10,12H2,1H3,(H,26,27)(H2,23,24,25). The Labute approximate surface area is 154 Å². The Kier molecular flexibility index (Phi) is 7.16. The summed E-state index contributed by atoms with van der Waals surface area (Å²) in [6, 6.07) is 8.38. The molecular formula is C18H20F3N5O. The summed E-state index contributed by atoms with van der Waals surface area (Å²) >= 11 is 0. The molecule has 0 aliphatic heterocycles. The molecule has 6 nitrogen and oxygen atoms in total. The van der Waals surface area contributed by atoms with Gasteiger partial charge in [0.15, 0.2) is 5.96 Å². The molecule has 0 atom stereocenters. The van der Waals surface area contributed by atoms with Crippen molar-refractivity contribution in [1.29, 1.82) is 0 Å². The SMILES string of the molecule is CCNC(=NCc1cccc(C(F)(F)F)c1)NCC(=O)Nc1cccnc1. The molecule has 0 saturated carbocycles. The van der Waals surface area contributed by atoms with E-state index in [9.17, 15) is 18.0 Å². The van der Waals surface area contributed by atoms with Crippen LogP contribution in [0.2, 0.25) is 0 Å². The number of aromatic nitrogens is 1. The fourth-order valence-corrected chi connectivity index (χ4v) is 2.16. The zero-order valence-corrected chi connectivity index (χ0v) is 14.7. The van der Waals surface area contributed by atoms with Gasteiger partial charge in [0, 0.05) is 12.7 Å². The van der Waals surface area contributed by atoms with Crippen molar-refractivity contribution in [3.05, 3.63) is 59.9 Å². The van der Waals surface area contributed by atoms with Crippen molar-refractivity contribution < 1.29 is 18.0 Å². The smallest absolute Gasteiger partial charge is 0.357 e. The molecular weight excluding hydrogens is 359 g/mol. The van der Waals surface area contributed by atoms with Gasteiger partial charge in [-0.15, -0.1) is 0 Å². The first-order valence-electron chi connectivity index (χ1n) is 8.26. The Morgan fingerprint density at radius 1 is 1.19 bits per heavy atom. The van der Waals surface area contributed by atoms with Crippen molar-refractivity contribution in [1.82, 2.24) is 15.6 Å². The second-order valence-corrected chi connectivity index (χ2v) is 5.54. The molecule has 1 aromatic heterocycles. The number of rotatable bonds is 6. The Morgan fingerprint density at radius 2 is 2.00 bits per heavy atom. The van der Waals surface area contributed by atoms with Crippen LogP contribution in [0.4, 0.5) is 18.9 Å². The van der Waals surface area contributed by atoms with Gasteiger partial charge in [0.2, 0.25) is 5.91 Å². The van der Waals surface area contributed by atoms with Crippen molar-refractivity contribution in [2.24, 2.45) is 4.99 Å². The van der Waals surface area contributed by atoms with E-state index in [2.05, 4.69) is 25.9 Å². The average molecular weight is 379 g/mol. The zero-order valence-electron chi connectivity index (χ0n) is 14.7. The van der Waals surface area contributed by atoms with Crippen LogP contribution < -0.4 is 16.0 Å². The predicted octanol–water partition coefficient (Wildman–Crippen LogP) is 2.79. The van der Waals surface area contributed by atoms with Crippen LogP contribution in [0.5, 0.6) is 0 Å². The van der Waals surface area contributed by atoms with Crippen LogP contribution in [0.25, 0.3) is 0 Å². The maximum Gasteiger partial charge on any atom is 0.416 e. The Balaban J connectivity index is 1.95. The molecule has 0 aliphatic carbocycles. The number of alkyl halides is 3. The topological polar surface area (TPSA) is 78.4 Å². The number of hydrogen-bond donors (Lipinski definition) is 3. The lowest BCUT2D eigenvalue weighted by Crippen LogP contribution is -2.41. The predicted molar refractivity (Wildman–Crippen MR) is 97.1 cm³/mol. The number of pyridine rings is 1. The van der Waals surface area contributed by atoms with Crippen LogP contribution in [0, 0.1) is 0 Å². The van der Waals surface area contributed by atoms with E-state index in [1.807, 2.05) is 6.92 Å². The van der Waals surface area contributed by atoms with Crippen LogP contribution in [0.1, 0.15) is 18.1 Å². The van der Waals surface area contributed by atoms with Gasteiger partial charge in [-0.05, 0) is 36.8 Å². The first-order chi connectivity index (χ1) is 12.9. The molecule has 0 unspecified atom stereocenters. The number of aliphatic imine (C=N–C) groups is 1. The van der Waals surface area contributed by atoms with Gasteiger partial charge in [-0.25, -0.2) is 4.99 Å². The van der Waals surface area contributed by atoms with Crippen molar-refractivity contribution in [3.63, 3.8) is 0 Å². The van der Waals surface area contributed by atoms with Crippen LogP contribution >= 0.6 is 0 Å². The molecule has 2 rings (SSSR count). The number of carbonyl (C=O) groups excluding carboxylic acids is 1. The maximum atomic E-state index is 12.8. The highest BCUT2D eigenvalue weighted by Gasteiger charge is 2.30. The van der Waals surface area contributed by atoms with Crippen molar-refractivity contribution in [2.75, 3.05) is 18.4 Å². The summed E-state index contributed by atoms with van der Waals surface area (Å²) in [5.41, 5.74) is 0.265. The molecule has 144 valence electrons. The van der Waals surface area contributed by atoms with E-state index in [-0.39, 0.29) is 19.0 Å². The highest BCUT2D eigenvalue weighted by atomic mass is 19.4. The lowest BCUT2D eigenvalue weighted by atomic mass is 10.1. The van der Waals surface area contributed by atoms with Gasteiger partial charge in [-0.2, -0.15) is 13.2 Å². The molecule has 0 fully saturated rings. The number of anilines is 1. The third kappa shape index (κ3) is 6.96. The molecule has 1 amide bonds. The summed E-state index contributed by atoms with van der Waals surface area (Å²) in [4.78, 5) is 20.1. The highest BCUT2D eigenvalue weighted by molar-refractivity contribution is 5.94. The number of halogens is 3. The summed E-state index contributed by atoms with van der Waals surface area (Å²) in [5.74, 6) is 0.0314. The molecule has 0 aliphatic rings. The van der Waals surface area contributed by atoms with Gasteiger partial charge in [0.25, 0.3) is 0 Å². The first-order valence-corrected chi connectivity index (χ1v) is 8.26.